The molecule has 1 fully saturated rings. The van der Waals surface area contributed by atoms with E-state index in [-0.39, 0.29) is 5.56 Å². The molecule has 0 aliphatic heterocycles. The molecule has 0 radical (unpaired) electrons. The van der Waals surface area contributed by atoms with Crippen molar-refractivity contribution < 1.29 is 18.7 Å². The van der Waals surface area contributed by atoms with Crippen molar-refractivity contribution in [3.8, 4) is 0 Å². The fourth-order valence-corrected chi connectivity index (χ4v) is 2.10. The van der Waals surface area contributed by atoms with Gasteiger partial charge in [-0.3, -0.25) is 4.79 Å². The second kappa shape index (κ2) is 3.56. The third kappa shape index (κ3) is 1.88. The first-order valence-corrected chi connectivity index (χ1v) is 5.17. The fourth-order valence-electron chi connectivity index (χ4n) is 1.69. The van der Waals surface area contributed by atoms with Crippen LogP contribution in [-0.2, 0) is 4.79 Å². The Hall–Kier alpha value is -0.970. The average Bonchev–Trinajstić information content (AvgIpc) is 2.81. The fraction of sp³-hybridized carbons (Fsp3) is 0.300. The second-order valence-electron chi connectivity index (χ2n) is 3.57. The van der Waals surface area contributed by atoms with Crippen LogP contribution in [0.1, 0.15) is 17.9 Å². The van der Waals surface area contributed by atoms with Crippen molar-refractivity contribution in [2.75, 3.05) is 0 Å². The lowest BCUT2D eigenvalue weighted by molar-refractivity contribution is -0.138. The van der Waals surface area contributed by atoms with Crippen LogP contribution in [0.25, 0.3) is 0 Å². The van der Waals surface area contributed by atoms with Crippen LogP contribution >= 0.6 is 15.9 Å². The Morgan fingerprint density at radius 3 is 2.33 bits per heavy atom. The molecule has 1 saturated carbocycles. The molecule has 1 aromatic carbocycles. The number of carboxylic acid groups (broad SMARTS) is 1. The maximum Gasteiger partial charge on any atom is 0.307 e. The van der Waals surface area contributed by atoms with Crippen molar-refractivity contribution >= 4 is 21.9 Å². The minimum atomic E-state index is -0.998. The minimum Gasteiger partial charge on any atom is -0.481 e. The lowest BCUT2D eigenvalue weighted by Crippen LogP contribution is -2.02. The molecule has 15 heavy (non-hydrogen) atoms. The molecule has 1 aliphatic carbocycles. The summed E-state index contributed by atoms with van der Waals surface area (Å²) in [6, 6.07) is 2.30. The Labute approximate surface area is 93.0 Å². The Kier molecular flexibility index (Phi) is 2.50. The SMILES string of the molecule is O=C(O)[C@@H]1C[C@H]1c1c(F)cc(Br)cc1F. The molecule has 1 aliphatic rings. The summed E-state index contributed by atoms with van der Waals surface area (Å²) in [5.74, 6) is -3.53. The molecular weight excluding hydrogens is 270 g/mol. The molecule has 1 N–H and O–H groups in total. The molecule has 0 amide bonds. The van der Waals surface area contributed by atoms with Gasteiger partial charge < -0.3 is 5.11 Å². The van der Waals surface area contributed by atoms with Gasteiger partial charge in [-0.1, -0.05) is 15.9 Å². The molecule has 0 heterocycles. The zero-order valence-corrected chi connectivity index (χ0v) is 9.09. The summed E-state index contributed by atoms with van der Waals surface area (Å²) in [6.07, 6.45) is 0.310. The number of hydrogen-bond donors (Lipinski definition) is 1. The van der Waals surface area contributed by atoms with Crippen molar-refractivity contribution in [3.63, 3.8) is 0 Å². The Morgan fingerprint density at radius 1 is 1.40 bits per heavy atom. The summed E-state index contributed by atoms with van der Waals surface area (Å²) in [5, 5.41) is 8.67. The molecular formula is C10H7BrF2O2. The van der Waals surface area contributed by atoms with E-state index in [0.29, 0.717) is 10.9 Å². The zero-order chi connectivity index (χ0) is 11.2. The van der Waals surface area contributed by atoms with Crippen molar-refractivity contribution in [1.82, 2.24) is 0 Å². The summed E-state index contributed by atoms with van der Waals surface area (Å²) in [5.41, 5.74) is -0.106. The number of benzene rings is 1. The van der Waals surface area contributed by atoms with Gasteiger partial charge in [0.05, 0.1) is 5.92 Å². The summed E-state index contributed by atoms with van der Waals surface area (Å²) >= 11 is 2.96. The Balaban J connectivity index is 2.34. The van der Waals surface area contributed by atoms with Gasteiger partial charge in [0.2, 0.25) is 0 Å². The first-order chi connectivity index (χ1) is 7.00. The molecule has 2 rings (SSSR count). The smallest absolute Gasteiger partial charge is 0.307 e. The number of carbonyl (C=O) groups is 1. The van der Waals surface area contributed by atoms with E-state index in [4.69, 9.17) is 5.11 Å². The molecule has 0 spiro atoms. The van der Waals surface area contributed by atoms with E-state index in [1.807, 2.05) is 0 Å². The van der Waals surface area contributed by atoms with E-state index in [1.165, 1.54) is 0 Å². The summed E-state index contributed by atoms with van der Waals surface area (Å²) < 4.78 is 27.1. The van der Waals surface area contributed by atoms with Crippen LogP contribution in [0.2, 0.25) is 0 Å². The average molecular weight is 277 g/mol. The van der Waals surface area contributed by atoms with Crippen LogP contribution in [-0.4, -0.2) is 11.1 Å². The largest absolute Gasteiger partial charge is 0.481 e. The first kappa shape index (κ1) is 10.5. The van der Waals surface area contributed by atoms with E-state index >= 15 is 0 Å². The lowest BCUT2D eigenvalue weighted by Gasteiger charge is -2.03. The van der Waals surface area contributed by atoms with Gasteiger partial charge in [-0.25, -0.2) is 8.78 Å². The number of rotatable bonds is 2. The molecule has 0 saturated heterocycles. The number of carboxylic acids is 1. The van der Waals surface area contributed by atoms with Crippen molar-refractivity contribution in [2.24, 2.45) is 5.92 Å². The maximum atomic E-state index is 13.4. The standard InChI is InChI=1S/C10H7BrF2O2/c11-4-1-7(12)9(8(13)2-4)5-3-6(5)10(14)15/h1-2,5-6H,3H2,(H,14,15)/t5-,6-/m1/s1. The van der Waals surface area contributed by atoms with Gasteiger partial charge in [0, 0.05) is 16.0 Å². The predicted octanol–water partition coefficient (Wildman–Crippen LogP) is 2.92. The molecule has 2 atom stereocenters. The molecule has 1 aromatic rings. The van der Waals surface area contributed by atoms with Gasteiger partial charge in [0.25, 0.3) is 0 Å². The van der Waals surface area contributed by atoms with Crippen LogP contribution < -0.4 is 0 Å². The van der Waals surface area contributed by atoms with E-state index in [1.54, 1.807) is 0 Å². The summed E-state index contributed by atoms with van der Waals surface area (Å²) in [7, 11) is 0. The third-order valence-electron chi connectivity index (χ3n) is 2.52. The highest BCUT2D eigenvalue weighted by Gasteiger charge is 2.46. The van der Waals surface area contributed by atoms with Crippen LogP contribution in [0.4, 0.5) is 8.78 Å². The van der Waals surface area contributed by atoms with Crippen molar-refractivity contribution in [2.45, 2.75) is 12.3 Å². The molecule has 5 heteroatoms. The van der Waals surface area contributed by atoms with Gasteiger partial charge in [-0.05, 0) is 18.6 Å². The molecule has 0 aromatic heterocycles. The van der Waals surface area contributed by atoms with E-state index in [9.17, 15) is 13.6 Å². The molecule has 2 nitrogen and oxygen atoms in total. The topological polar surface area (TPSA) is 37.3 Å². The lowest BCUT2D eigenvalue weighted by atomic mass is 10.1. The monoisotopic (exact) mass is 276 g/mol. The maximum absolute atomic E-state index is 13.4. The van der Waals surface area contributed by atoms with Crippen LogP contribution in [0.5, 0.6) is 0 Å². The van der Waals surface area contributed by atoms with Crippen molar-refractivity contribution in [3.05, 3.63) is 33.8 Å². The van der Waals surface area contributed by atoms with Gasteiger partial charge in [-0.2, -0.15) is 0 Å². The highest BCUT2D eigenvalue weighted by molar-refractivity contribution is 9.10. The molecule has 80 valence electrons. The van der Waals surface area contributed by atoms with Gasteiger partial charge >= 0.3 is 5.97 Å². The van der Waals surface area contributed by atoms with E-state index in [2.05, 4.69) is 15.9 Å². The number of halogens is 3. The second-order valence-corrected chi connectivity index (χ2v) is 4.49. The van der Waals surface area contributed by atoms with E-state index < -0.39 is 29.4 Å². The zero-order valence-electron chi connectivity index (χ0n) is 7.51. The van der Waals surface area contributed by atoms with Crippen molar-refractivity contribution in [1.29, 1.82) is 0 Å². The van der Waals surface area contributed by atoms with Crippen LogP contribution in [0, 0.1) is 17.6 Å². The number of hydrogen-bond acceptors (Lipinski definition) is 1. The Morgan fingerprint density at radius 2 is 1.93 bits per heavy atom. The quantitative estimate of drug-likeness (QED) is 0.902. The third-order valence-corrected chi connectivity index (χ3v) is 2.98. The van der Waals surface area contributed by atoms with E-state index in [0.717, 1.165) is 12.1 Å². The molecule has 0 unspecified atom stereocenters. The van der Waals surface area contributed by atoms with Crippen LogP contribution in [0.3, 0.4) is 0 Å². The minimum absolute atomic E-state index is 0.106. The first-order valence-electron chi connectivity index (χ1n) is 4.38. The molecule has 0 bridgehead atoms. The Bertz CT molecular complexity index is 410. The summed E-state index contributed by atoms with van der Waals surface area (Å²) in [6.45, 7) is 0. The predicted molar refractivity (Wildman–Crippen MR) is 52.5 cm³/mol. The normalized spacial score (nSPS) is 23.9. The van der Waals surface area contributed by atoms with Gasteiger partial charge in [-0.15, -0.1) is 0 Å². The van der Waals surface area contributed by atoms with Gasteiger partial charge in [0.1, 0.15) is 11.6 Å². The highest BCUT2D eigenvalue weighted by Crippen LogP contribution is 2.49. The number of aliphatic carboxylic acids is 1. The van der Waals surface area contributed by atoms with Crippen LogP contribution in [0.15, 0.2) is 16.6 Å². The highest BCUT2D eigenvalue weighted by atomic mass is 79.9. The van der Waals surface area contributed by atoms with Gasteiger partial charge in [0.15, 0.2) is 0 Å². The summed E-state index contributed by atoms with van der Waals surface area (Å²) in [4.78, 5) is 10.6.